The largest absolute Gasteiger partial charge is 0.360 e. The Hall–Kier alpha value is -1.51. The summed E-state index contributed by atoms with van der Waals surface area (Å²) in [5.74, 6) is 1.44. The molecule has 0 radical (unpaired) electrons. The predicted molar refractivity (Wildman–Crippen MR) is 115 cm³/mol. The number of amides is 1. The van der Waals surface area contributed by atoms with Crippen molar-refractivity contribution in [3.05, 3.63) is 29.8 Å². The van der Waals surface area contributed by atoms with Gasteiger partial charge in [0.25, 0.3) is 0 Å². The van der Waals surface area contributed by atoms with E-state index in [1.165, 1.54) is 5.56 Å². The molecule has 1 unspecified atom stereocenters. The second-order valence-corrected chi connectivity index (χ2v) is 6.54. The quantitative estimate of drug-likeness (QED) is 0.358. The second kappa shape index (κ2) is 10.5. The van der Waals surface area contributed by atoms with Crippen molar-refractivity contribution >= 4 is 41.5 Å². The summed E-state index contributed by atoms with van der Waals surface area (Å²) in [6, 6.07) is 8.69. The van der Waals surface area contributed by atoms with E-state index >= 15 is 0 Å². The maximum absolute atomic E-state index is 11.5. The van der Waals surface area contributed by atoms with Crippen LogP contribution in [0.15, 0.2) is 29.3 Å². The van der Waals surface area contributed by atoms with Crippen molar-refractivity contribution < 1.29 is 4.79 Å². The van der Waals surface area contributed by atoms with E-state index in [1.807, 2.05) is 0 Å². The molecule has 2 rings (SSSR count). The maximum atomic E-state index is 11.5. The molecule has 1 atom stereocenters. The Bertz CT molecular complexity index is 573. The fourth-order valence-electron chi connectivity index (χ4n) is 2.45. The molecular weight excluding hydrogens is 429 g/mol. The maximum Gasteiger partial charge on any atom is 0.239 e. The molecular formula is C18H30IN5O. The first-order valence-corrected chi connectivity index (χ1v) is 8.57. The molecule has 1 aliphatic heterocycles. The molecule has 1 heterocycles. The first-order valence-electron chi connectivity index (χ1n) is 8.57. The van der Waals surface area contributed by atoms with Gasteiger partial charge in [0.2, 0.25) is 5.91 Å². The number of aliphatic imine (C=N–C) groups is 1. The van der Waals surface area contributed by atoms with E-state index in [1.54, 1.807) is 7.05 Å². The lowest BCUT2D eigenvalue weighted by Crippen LogP contribution is -2.47. The molecule has 0 bridgehead atoms. The van der Waals surface area contributed by atoms with Crippen molar-refractivity contribution in [3.63, 3.8) is 0 Å². The van der Waals surface area contributed by atoms with Gasteiger partial charge in [0.05, 0.1) is 6.54 Å². The number of piperazine rings is 1. The van der Waals surface area contributed by atoms with Crippen molar-refractivity contribution in [1.29, 1.82) is 0 Å². The van der Waals surface area contributed by atoms with E-state index in [4.69, 9.17) is 0 Å². The minimum atomic E-state index is 0. The first-order chi connectivity index (χ1) is 11.5. The summed E-state index contributed by atoms with van der Waals surface area (Å²) in [5.41, 5.74) is 2.27. The summed E-state index contributed by atoms with van der Waals surface area (Å²) in [6.45, 7) is 9.23. The van der Waals surface area contributed by atoms with Crippen LogP contribution in [0.4, 0.5) is 5.69 Å². The number of carbonyl (C=O) groups excluding carboxylic acids is 1. The number of carbonyl (C=O) groups is 1. The molecule has 3 N–H and O–H groups in total. The Kier molecular flexibility index (Phi) is 9.02. The number of rotatable bonds is 5. The van der Waals surface area contributed by atoms with E-state index in [9.17, 15) is 4.79 Å². The molecule has 0 aromatic heterocycles. The van der Waals surface area contributed by atoms with Crippen LogP contribution in [0, 0.1) is 5.92 Å². The smallest absolute Gasteiger partial charge is 0.239 e. The summed E-state index contributed by atoms with van der Waals surface area (Å²) < 4.78 is 0. The van der Waals surface area contributed by atoms with E-state index in [-0.39, 0.29) is 29.9 Å². The Morgan fingerprint density at radius 1 is 1.28 bits per heavy atom. The van der Waals surface area contributed by atoms with Gasteiger partial charge in [-0.15, -0.1) is 24.0 Å². The molecule has 1 fully saturated rings. The molecule has 25 heavy (non-hydrogen) atoms. The van der Waals surface area contributed by atoms with E-state index < -0.39 is 0 Å². The number of guanidine groups is 1. The Labute approximate surface area is 167 Å². The minimum absolute atomic E-state index is 0. The van der Waals surface area contributed by atoms with Crippen LogP contribution < -0.4 is 20.9 Å². The van der Waals surface area contributed by atoms with Crippen LogP contribution in [0.5, 0.6) is 0 Å². The van der Waals surface area contributed by atoms with Crippen molar-refractivity contribution in [2.45, 2.75) is 33.4 Å². The van der Waals surface area contributed by atoms with Crippen LogP contribution >= 0.6 is 24.0 Å². The Morgan fingerprint density at radius 3 is 2.52 bits per heavy atom. The van der Waals surface area contributed by atoms with Gasteiger partial charge in [0, 0.05) is 38.4 Å². The standard InChI is InChI=1S/C18H29N5O.HI/c1-13(2)14(3)22-18(19-4)21-11-15-5-7-16(8-6-15)23-10-9-20-17(24)12-23;/h5-8,13-14H,9-12H2,1-4H3,(H,20,24)(H2,19,21,22);1H. The van der Waals surface area contributed by atoms with Crippen LogP contribution in [-0.4, -0.2) is 44.6 Å². The molecule has 0 aliphatic carbocycles. The molecule has 1 saturated heterocycles. The molecule has 0 spiro atoms. The number of halogens is 1. The number of anilines is 1. The third-order valence-corrected chi connectivity index (χ3v) is 4.39. The lowest BCUT2D eigenvalue weighted by molar-refractivity contribution is -0.120. The molecule has 1 aromatic carbocycles. The monoisotopic (exact) mass is 459 g/mol. The zero-order valence-electron chi connectivity index (χ0n) is 15.5. The summed E-state index contributed by atoms with van der Waals surface area (Å²) in [7, 11) is 1.78. The Balaban J connectivity index is 0.00000312. The highest BCUT2D eigenvalue weighted by atomic mass is 127. The molecule has 1 aromatic rings. The minimum Gasteiger partial charge on any atom is -0.360 e. The summed E-state index contributed by atoms with van der Waals surface area (Å²) >= 11 is 0. The van der Waals surface area contributed by atoms with Crippen molar-refractivity contribution in [1.82, 2.24) is 16.0 Å². The predicted octanol–water partition coefficient (Wildman–Crippen LogP) is 1.95. The van der Waals surface area contributed by atoms with Gasteiger partial charge in [-0.25, -0.2) is 0 Å². The highest BCUT2D eigenvalue weighted by Crippen LogP contribution is 2.16. The SMILES string of the molecule is CN=C(NCc1ccc(N2CCNC(=O)C2)cc1)NC(C)C(C)C.I. The van der Waals surface area contributed by atoms with Crippen LogP contribution in [-0.2, 0) is 11.3 Å². The topological polar surface area (TPSA) is 68.8 Å². The van der Waals surface area contributed by atoms with Crippen LogP contribution in [0.2, 0.25) is 0 Å². The highest BCUT2D eigenvalue weighted by Gasteiger charge is 2.16. The fraction of sp³-hybridized carbons (Fsp3) is 0.556. The average Bonchev–Trinajstić information content (AvgIpc) is 2.58. The number of nitrogens with one attached hydrogen (secondary N) is 3. The molecule has 0 saturated carbocycles. The van der Waals surface area contributed by atoms with Gasteiger partial charge in [-0.3, -0.25) is 9.79 Å². The highest BCUT2D eigenvalue weighted by molar-refractivity contribution is 14.0. The average molecular weight is 459 g/mol. The zero-order chi connectivity index (χ0) is 17.5. The Morgan fingerprint density at radius 2 is 1.96 bits per heavy atom. The van der Waals surface area contributed by atoms with Crippen molar-refractivity contribution in [2.24, 2.45) is 10.9 Å². The van der Waals surface area contributed by atoms with Crippen molar-refractivity contribution in [2.75, 3.05) is 31.6 Å². The van der Waals surface area contributed by atoms with E-state index in [0.29, 0.717) is 31.6 Å². The van der Waals surface area contributed by atoms with Crippen LogP contribution in [0.25, 0.3) is 0 Å². The van der Waals surface area contributed by atoms with Gasteiger partial charge in [-0.05, 0) is 30.5 Å². The van der Waals surface area contributed by atoms with Crippen LogP contribution in [0.1, 0.15) is 26.3 Å². The van der Waals surface area contributed by atoms with E-state index in [2.05, 4.69) is 70.9 Å². The van der Waals surface area contributed by atoms with E-state index in [0.717, 1.165) is 18.2 Å². The lowest BCUT2D eigenvalue weighted by Gasteiger charge is -2.28. The molecule has 1 aliphatic rings. The lowest BCUT2D eigenvalue weighted by atomic mass is 10.1. The van der Waals surface area contributed by atoms with Gasteiger partial charge in [-0.2, -0.15) is 0 Å². The van der Waals surface area contributed by atoms with Gasteiger partial charge in [0.15, 0.2) is 5.96 Å². The zero-order valence-corrected chi connectivity index (χ0v) is 17.8. The number of benzene rings is 1. The number of hydrogen-bond donors (Lipinski definition) is 3. The molecule has 140 valence electrons. The fourth-order valence-corrected chi connectivity index (χ4v) is 2.45. The number of nitrogens with zero attached hydrogens (tertiary/aromatic N) is 2. The first kappa shape index (κ1) is 21.5. The summed E-state index contributed by atoms with van der Waals surface area (Å²) in [4.78, 5) is 17.8. The van der Waals surface area contributed by atoms with Gasteiger partial charge in [0.1, 0.15) is 0 Å². The molecule has 7 heteroatoms. The van der Waals surface area contributed by atoms with Gasteiger partial charge < -0.3 is 20.9 Å². The van der Waals surface area contributed by atoms with Crippen molar-refractivity contribution in [3.8, 4) is 0 Å². The van der Waals surface area contributed by atoms with Gasteiger partial charge in [-0.1, -0.05) is 26.0 Å². The van der Waals surface area contributed by atoms with Crippen LogP contribution in [0.3, 0.4) is 0 Å². The molecule has 6 nitrogen and oxygen atoms in total. The summed E-state index contributed by atoms with van der Waals surface area (Å²) in [6.07, 6.45) is 0. The number of hydrogen-bond acceptors (Lipinski definition) is 3. The second-order valence-electron chi connectivity index (χ2n) is 6.54. The van der Waals surface area contributed by atoms with Gasteiger partial charge >= 0.3 is 0 Å². The normalized spacial score (nSPS) is 16.1. The molecule has 1 amide bonds. The summed E-state index contributed by atoms with van der Waals surface area (Å²) in [5, 5.41) is 9.57. The third-order valence-electron chi connectivity index (χ3n) is 4.39. The third kappa shape index (κ3) is 6.72.